The Morgan fingerprint density at radius 2 is 1.74 bits per heavy atom. The van der Waals surface area contributed by atoms with Crippen molar-refractivity contribution in [2.24, 2.45) is 0 Å². The first-order valence-corrected chi connectivity index (χ1v) is 8.42. The molecule has 0 saturated carbocycles. The minimum atomic E-state index is -1.06. The molecule has 27 heavy (non-hydrogen) atoms. The lowest BCUT2D eigenvalue weighted by molar-refractivity contribution is -0.137. The number of aliphatic carboxylic acids is 1. The van der Waals surface area contributed by atoms with Crippen LogP contribution in [0.5, 0.6) is 17.2 Å². The number of carbonyl (C=O) groups is 2. The van der Waals surface area contributed by atoms with E-state index >= 15 is 0 Å². The summed E-state index contributed by atoms with van der Waals surface area (Å²) in [6.45, 7) is -0.268. The molecule has 0 radical (unpaired) electrons. The summed E-state index contributed by atoms with van der Waals surface area (Å²) in [5, 5.41) is 12.4. The highest BCUT2D eigenvalue weighted by Crippen LogP contribution is 2.31. The lowest BCUT2D eigenvalue weighted by Gasteiger charge is -2.20. The highest BCUT2D eigenvalue weighted by Gasteiger charge is 2.22. The van der Waals surface area contributed by atoms with Crippen LogP contribution in [0.2, 0.25) is 5.02 Å². The van der Waals surface area contributed by atoms with Crippen molar-refractivity contribution in [1.82, 2.24) is 5.32 Å². The summed E-state index contributed by atoms with van der Waals surface area (Å²) in [5.41, 5.74) is 0.528. The fourth-order valence-corrected chi connectivity index (χ4v) is 2.56. The number of hydrogen-bond donors (Lipinski definition) is 2. The molecule has 7 nitrogen and oxygen atoms in total. The van der Waals surface area contributed by atoms with Gasteiger partial charge in [-0.05, 0) is 36.4 Å². The van der Waals surface area contributed by atoms with Crippen molar-refractivity contribution in [2.45, 2.75) is 12.5 Å². The summed E-state index contributed by atoms with van der Waals surface area (Å²) in [6.07, 6.45) is -0.310. The predicted octanol–water partition coefficient (Wildman–Crippen LogP) is 3.07. The molecule has 0 heterocycles. The Morgan fingerprint density at radius 3 is 2.33 bits per heavy atom. The van der Waals surface area contributed by atoms with Crippen LogP contribution in [0.25, 0.3) is 0 Å². The van der Waals surface area contributed by atoms with Crippen LogP contribution in [0.3, 0.4) is 0 Å². The molecule has 0 aliphatic carbocycles. The van der Waals surface area contributed by atoms with Crippen LogP contribution in [-0.4, -0.2) is 37.8 Å². The van der Waals surface area contributed by atoms with Gasteiger partial charge in [-0.2, -0.15) is 0 Å². The highest BCUT2D eigenvalue weighted by molar-refractivity contribution is 6.30. The van der Waals surface area contributed by atoms with Crippen LogP contribution in [0.4, 0.5) is 0 Å². The van der Waals surface area contributed by atoms with E-state index in [1.807, 2.05) is 0 Å². The van der Waals surface area contributed by atoms with Gasteiger partial charge in [-0.1, -0.05) is 11.6 Å². The van der Waals surface area contributed by atoms with E-state index in [2.05, 4.69) is 5.32 Å². The molecule has 0 bridgehead atoms. The fraction of sp³-hybridized carbons (Fsp3) is 0.263. The van der Waals surface area contributed by atoms with E-state index < -0.39 is 17.9 Å². The zero-order valence-electron chi connectivity index (χ0n) is 14.9. The van der Waals surface area contributed by atoms with Crippen LogP contribution in [-0.2, 0) is 9.59 Å². The Morgan fingerprint density at radius 1 is 1.07 bits per heavy atom. The van der Waals surface area contributed by atoms with E-state index in [-0.39, 0.29) is 13.0 Å². The van der Waals surface area contributed by atoms with Gasteiger partial charge in [0.15, 0.2) is 6.61 Å². The highest BCUT2D eigenvalue weighted by atomic mass is 35.5. The molecule has 0 spiro atoms. The maximum absolute atomic E-state index is 12.3. The average Bonchev–Trinajstić information content (AvgIpc) is 2.66. The topological polar surface area (TPSA) is 94.1 Å². The monoisotopic (exact) mass is 393 g/mol. The van der Waals surface area contributed by atoms with Crippen molar-refractivity contribution in [1.29, 1.82) is 0 Å². The maximum Gasteiger partial charge on any atom is 0.305 e. The second-order valence-corrected chi connectivity index (χ2v) is 6.00. The third-order valence-electron chi connectivity index (χ3n) is 3.71. The second kappa shape index (κ2) is 9.68. The van der Waals surface area contributed by atoms with Gasteiger partial charge < -0.3 is 24.6 Å². The lowest BCUT2D eigenvalue weighted by atomic mass is 10.0. The van der Waals surface area contributed by atoms with Gasteiger partial charge in [0.25, 0.3) is 5.91 Å². The van der Waals surface area contributed by atoms with E-state index in [0.717, 1.165) is 0 Å². The molecule has 0 aromatic heterocycles. The Hall–Kier alpha value is -2.93. The third kappa shape index (κ3) is 6.07. The van der Waals surface area contributed by atoms with Crippen molar-refractivity contribution >= 4 is 23.5 Å². The Labute approximate surface area is 161 Å². The van der Waals surface area contributed by atoms with Crippen LogP contribution in [0.1, 0.15) is 18.0 Å². The number of nitrogens with one attached hydrogen (secondary N) is 1. The Balaban J connectivity index is 2.10. The van der Waals surface area contributed by atoms with Crippen LogP contribution in [0.15, 0.2) is 42.5 Å². The van der Waals surface area contributed by atoms with Crippen LogP contribution < -0.4 is 19.5 Å². The largest absolute Gasteiger partial charge is 0.497 e. The molecule has 1 unspecified atom stereocenters. The Kier molecular flexibility index (Phi) is 7.31. The standard InChI is InChI=1S/C19H20ClNO6/c1-25-14-7-8-15(17(9-14)26-2)16(10-19(23)24)21-18(22)11-27-13-5-3-12(20)4-6-13/h3-9,16H,10-11H2,1-2H3,(H,21,22)(H,23,24). The number of benzene rings is 2. The summed E-state index contributed by atoms with van der Waals surface area (Å²) in [5.74, 6) is -0.0705. The van der Waals surface area contributed by atoms with Crippen molar-refractivity contribution in [3.05, 3.63) is 53.1 Å². The van der Waals surface area contributed by atoms with E-state index in [9.17, 15) is 14.7 Å². The smallest absolute Gasteiger partial charge is 0.305 e. The number of rotatable bonds is 9. The minimum absolute atomic E-state index is 0.268. The summed E-state index contributed by atoms with van der Waals surface area (Å²) in [4.78, 5) is 23.5. The molecule has 8 heteroatoms. The molecule has 2 aromatic carbocycles. The number of amides is 1. The number of halogens is 1. The van der Waals surface area contributed by atoms with Gasteiger partial charge in [-0.25, -0.2) is 0 Å². The van der Waals surface area contributed by atoms with E-state index in [1.54, 1.807) is 42.5 Å². The predicted molar refractivity (Wildman–Crippen MR) is 99.6 cm³/mol. The molecule has 2 N–H and O–H groups in total. The number of methoxy groups -OCH3 is 2. The SMILES string of the molecule is COc1ccc(C(CC(=O)O)NC(=O)COc2ccc(Cl)cc2)c(OC)c1. The van der Waals surface area contributed by atoms with Crippen LogP contribution >= 0.6 is 11.6 Å². The minimum Gasteiger partial charge on any atom is -0.497 e. The number of carboxylic acid groups (broad SMARTS) is 1. The van der Waals surface area contributed by atoms with Crippen molar-refractivity contribution in [3.8, 4) is 17.2 Å². The van der Waals surface area contributed by atoms with Crippen molar-refractivity contribution in [2.75, 3.05) is 20.8 Å². The van der Waals surface area contributed by atoms with Crippen molar-refractivity contribution < 1.29 is 28.9 Å². The normalized spacial score (nSPS) is 11.4. The summed E-state index contributed by atoms with van der Waals surface area (Å²) in [6, 6.07) is 10.7. The molecule has 0 saturated heterocycles. The summed E-state index contributed by atoms with van der Waals surface area (Å²) < 4.78 is 15.8. The average molecular weight is 394 g/mol. The quantitative estimate of drug-likeness (QED) is 0.680. The van der Waals surface area contributed by atoms with Gasteiger partial charge in [0.2, 0.25) is 0 Å². The first-order valence-electron chi connectivity index (χ1n) is 8.04. The van der Waals surface area contributed by atoms with Gasteiger partial charge >= 0.3 is 5.97 Å². The van der Waals surface area contributed by atoms with E-state index in [1.165, 1.54) is 14.2 Å². The zero-order valence-corrected chi connectivity index (χ0v) is 15.7. The molecule has 1 atom stereocenters. The Bertz CT molecular complexity index is 793. The van der Waals surface area contributed by atoms with Gasteiger partial charge in [-0.3, -0.25) is 9.59 Å². The molecule has 0 aliphatic heterocycles. The fourth-order valence-electron chi connectivity index (χ4n) is 2.44. The van der Waals surface area contributed by atoms with E-state index in [4.69, 9.17) is 25.8 Å². The molecule has 1 amide bonds. The molecule has 0 fully saturated rings. The van der Waals surface area contributed by atoms with Gasteiger partial charge in [0.05, 0.1) is 26.7 Å². The first kappa shape index (κ1) is 20.4. The number of carbonyl (C=O) groups excluding carboxylic acids is 1. The van der Waals surface area contributed by atoms with Crippen LogP contribution in [0, 0.1) is 0 Å². The number of carboxylic acids is 1. The van der Waals surface area contributed by atoms with E-state index in [0.29, 0.717) is 27.8 Å². The molecular weight excluding hydrogens is 374 g/mol. The third-order valence-corrected chi connectivity index (χ3v) is 3.97. The molecule has 0 aliphatic rings. The number of ether oxygens (including phenoxy) is 3. The molecule has 2 aromatic rings. The molecule has 2 rings (SSSR count). The number of hydrogen-bond acceptors (Lipinski definition) is 5. The van der Waals surface area contributed by atoms with Gasteiger partial charge in [-0.15, -0.1) is 0 Å². The second-order valence-electron chi connectivity index (χ2n) is 5.57. The first-order chi connectivity index (χ1) is 12.9. The lowest BCUT2D eigenvalue weighted by Crippen LogP contribution is -2.34. The maximum atomic E-state index is 12.3. The summed E-state index contributed by atoms with van der Waals surface area (Å²) in [7, 11) is 2.97. The molecule has 144 valence electrons. The molecular formula is C19H20ClNO6. The van der Waals surface area contributed by atoms with Gasteiger partial charge in [0, 0.05) is 16.7 Å². The van der Waals surface area contributed by atoms with Crippen molar-refractivity contribution in [3.63, 3.8) is 0 Å². The zero-order chi connectivity index (χ0) is 19.8. The summed E-state index contributed by atoms with van der Waals surface area (Å²) >= 11 is 5.80. The van der Waals surface area contributed by atoms with Gasteiger partial charge in [0.1, 0.15) is 17.2 Å².